The Morgan fingerprint density at radius 2 is 1.31 bits per heavy atom. The van der Waals surface area contributed by atoms with Gasteiger partial charge in [0.2, 0.25) is 6.29 Å². The Labute approximate surface area is 195 Å². The smallest absolute Gasteiger partial charge is 0.336 e. The van der Waals surface area contributed by atoms with Gasteiger partial charge in [-0.25, -0.2) is 9.59 Å². The molecule has 11 heteroatoms. The standard InChI is InChI=1S/C24H20O11/c25-9-14-19(29)20(30)21(31)24(33-14)32-13-6-2-11-4-8-16(28)35-23(11)18(13)17-12(26)5-1-10-3-7-15(27)34-22(10)17/h1-8,14,19-21,24-26,29-31H,9H2/t14-,19-,20+,21-,24?/m1/s1. The number of aromatic hydroxyl groups is 1. The predicted octanol–water partition coefficient (Wildman–Crippen LogP) is 0.451. The van der Waals surface area contributed by atoms with E-state index >= 15 is 0 Å². The van der Waals surface area contributed by atoms with Crippen LogP contribution in [0.4, 0.5) is 0 Å². The summed E-state index contributed by atoms with van der Waals surface area (Å²) in [4.78, 5) is 24.1. The predicted molar refractivity (Wildman–Crippen MR) is 120 cm³/mol. The molecule has 2 aromatic carbocycles. The van der Waals surface area contributed by atoms with Crippen molar-refractivity contribution in [3.05, 3.63) is 69.4 Å². The molecule has 182 valence electrons. The zero-order chi connectivity index (χ0) is 24.9. The lowest BCUT2D eigenvalue weighted by Crippen LogP contribution is -2.60. The van der Waals surface area contributed by atoms with Crippen molar-refractivity contribution in [3.63, 3.8) is 0 Å². The van der Waals surface area contributed by atoms with Gasteiger partial charge in [-0.05, 0) is 36.4 Å². The molecular formula is C24H20O11. The van der Waals surface area contributed by atoms with E-state index in [2.05, 4.69) is 0 Å². The molecule has 0 bridgehead atoms. The van der Waals surface area contributed by atoms with E-state index in [0.717, 1.165) is 0 Å². The number of rotatable bonds is 4. The van der Waals surface area contributed by atoms with Crippen molar-refractivity contribution in [2.45, 2.75) is 30.7 Å². The molecule has 5 rings (SSSR count). The summed E-state index contributed by atoms with van der Waals surface area (Å²) in [6.07, 6.45) is -7.82. The van der Waals surface area contributed by atoms with Crippen LogP contribution in [0.1, 0.15) is 0 Å². The van der Waals surface area contributed by atoms with Crippen molar-refractivity contribution >= 4 is 21.9 Å². The second kappa shape index (κ2) is 8.80. The van der Waals surface area contributed by atoms with E-state index in [4.69, 9.17) is 18.3 Å². The Kier molecular flexibility index (Phi) is 5.79. The average Bonchev–Trinajstić information content (AvgIpc) is 2.84. The molecule has 5 atom stereocenters. The summed E-state index contributed by atoms with van der Waals surface area (Å²) in [6.45, 7) is -0.667. The largest absolute Gasteiger partial charge is 0.507 e. The van der Waals surface area contributed by atoms with Gasteiger partial charge in [0, 0.05) is 22.9 Å². The van der Waals surface area contributed by atoms with Gasteiger partial charge in [0.05, 0.1) is 17.7 Å². The molecule has 5 N–H and O–H groups in total. The summed E-state index contributed by atoms with van der Waals surface area (Å²) in [5, 5.41) is 51.8. The van der Waals surface area contributed by atoms with Crippen LogP contribution in [0.3, 0.4) is 0 Å². The maximum absolute atomic E-state index is 12.1. The van der Waals surface area contributed by atoms with Crippen LogP contribution >= 0.6 is 0 Å². The van der Waals surface area contributed by atoms with Crippen LogP contribution in [-0.4, -0.2) is 62.8 Å². The highest BCUT2D eigenvalue weighted by Crippen LogP contribution is 2.45. The van der Waals surface area contributed by atoms with Gasteiger partial charge in [0.25, 0.3) is 0 Å². The van der Waals surface area contributed by atoms with Crippen molar-refractivity contribution in [2.75, 3.05) is 6.61 Å². The van der Waals surface area contributed by atoms with Gasteiger partial charge in [-0.3, -0.25) is 0 Å². The van der Waals surface area contributed by atoms with Crippen LogP contribution in [0.5, 0.6) is 11.5 Å². The van der Waals surface area contributed by atoms with Gasteiger partial charge >= 0.3 is 11.3 Å². The molecule has 35 heavy (non-hydrogen) atoms. The number of phenolic OH excluding ortho intramolecular Hbond substituents is 1. The van der Waals surface area contributed by atoms with Gasteiger partial charge in [0.15, 0.2) is 0 Å². The van der Waals surface area contributed by atoms with Crippen LogP contribution < -0.4 is 16.0 Å². The molecule has 0 aliphatic carbocycles. The number of benzene rings is 2. The zero-order valence-electron chi connectivity index (χ0n) is 17.9. The Morgan fingerprint density at radius 1 is 0.743 bits per heavy atom. The minimum atomic E-state index is -1.72. The third-order valence-corrected chi connectivity index (χ3v) is 5.86. The number of hydrogen-bond donors (Lipinski definition) is 5. The molecule has 3 heterocycles. The van der Waals surface area contributed by atoms with Crippen LogP contribution in [0.25, 0.3) is 33.1 Å². The first kappa shape index (κ1) is 23.0. The van der Waals surface area contributed by atoms with E-state index in [9.17, 15) is 35.1 Å². The normalized spacial score (nSPS) is 24.6. The number of ether oxygens (including phenoxy) is 2. The Hall–Kier alpha value is -3.74. The van der Waals surface area contributed by atoms with Crippen molar-refractivity contribution in [3.8, 4) is 22.6 Å². The molecule has 0 radical (unpaired) electrons. The van der Waals surface area contributed by atoms with Crippen LogP contribution in [-0.2, 0) is 4.74 Å². The van der Waals surface area contributed by atoms with Gasteiger partial charge in [0.1, 0.15) is 47.1 Å². The minimum Gasteiger partial charge on any atom is -0.507 e. The topological polar surface area (TPSA) is 180 Å². The molecule has 1 saturated heterocycles. The SMILES string of the molecule is O=c1ccc2ccc(O)c(-c3c(OC4O[C@H](CO)[C@@H](O)[C@H](O)[C@H]4O)ccc4ccc(=O)oc34)c2o1. The first-order chi connectivity index (χ1) is 16.8. The maximum Gasteiger partial charge on any atom is 0.336 e. The lowest BCUT2D eigenvalue weighted by atomic mass is 9.97. The summed E-state index contributed by atoms with van der Waals surface area (Å²) in [5.74, 6) is -0.407. The monoisotopic (exact) mass is 484 g/mol. The van der Waals surface area contributed by atoms with Gasteiger partial charge in [-0.1, -0.05) is 0 Å². The fraction of sp³-hybridized carbons (Fsp3) is 0.250. The molecule has 11 nitrogen and oxygen atoms in total. The highest BCUT2D eigenvalue weighted by Gasteiger charge is 2.45. The summed E-state index contributed by atoms with van der Waals surface area (Å²) in [7, 11) is 0. The molecule has 0 amide bonds. The first-order valence-corrected chi connectivity index (χ1v) is 10.6. The van der Waals surface area contributed by atoms with Gasteiger partial charge in [-0.2, -0.15) is 0 Å². The zero-order valence-corrected chi connectivity index (χ0v) is 17.9. The Balaban J connectivity index is 1.76. The fourth-order valence-electron chi connectivity index (χ4n) is 4.10. The number of hydrogen-bond acceptors (Lipinski definition) is 11. The molecule has 0 spiro atoms. The molecule has 1 fully saturated rings. The second-order valence-electron chi connectivity index (χ2n) is 8.06. The number of phenols is 1. The van der Waals surface area contributed by atoms with Gasteiger partial charge < -0.3 is 43.8 Å². The summed E-state index contributed by atoms with van der Waals surface area (Å²) < 4.78 is 22.1. The highest BCUT2D eigenvalue weighted by atomic mass is 16.7. The first-order valence-electron chi connectivity index (χ1n) is 10.6. The average molecular weight is 484 g/mol. The van der Waals surface area contributed by atoms with Crippen molar-refractivity contribution < 1.29 is 43.8 Å². The number of fused-ring (bicyclic) bond motifs is 2. The minimum absolute atomic E-state index is 0.00890. The van der Waals surface area contributed by atoms with Crippen LogP contribution in [0, 0.1) is 0 Å². The third-order valence-electron chi connectivity index (χ3n) is 5.86. The second-order valence-corrected chi connectivity index (χ2v) is 8.06. The molecule has 2 aromatic heterocycles. The fourth-order valence-corrected chi connectivity index (χ4v) is 4.10. The summed E-state index contributed by atoms with van der Waals surface area (Å²) in [5.41, 5.74) is -1.45. The van der Waals surface area contributed by atoms with E-state index in [1.807, 2.05) is 0 Å². The molecule has 1 unspecified atom stereocenters. The quantitative estimate of drug-likeness (QED) is 0.254. The molecular weight excluding hydrogens is 464 g/mol. The third kappa shape index (κ3) is 3.95. The molecule has 4 aromatic rings. The van der Waals surface area contributed by atoms with E-state index < -0.39 is 48.6 Å². The molecule has 1 aliphatic rings. The van der Waals surface area contributed by atoms with Gasteiger partial charge in [-0.15, -0.1) is 0 Å². The number of aliphatic hydroxyl groups excluding tert-OH is 4. The maximum atomic E-state index is 12.1. The summed E-state index contributed by atoms with van der Waals surface area (Å²) >= 11 is 0. The van der Waals surface area contributed by atoms with Crippen molar-refractivity contribution in [1.82, 2.24) is 0 Å². The van der Waals surface area contributed by atoms with E-state index in [1.54, 1.807) is 6.07 Å². The van der Waals surface area contributed by atoms with E-state index in [1.165, 1.54) is 42.5 Å². The lowest BCUT2D eigenvalue weighted by Gasteiger charge is -2.39. The molecule has 0 saturated carbocycles. The van der Waals surface area contributed by atoms with Crippen LogP contribution in [0.2, 0.25) is 0 Å². The van der Waals surface area contributed by atoms with E-state index in [0.29, 0.717) is 10.8 Å². The lowest BCUT2D eigenvalue weighted by molar-refractivity contribution is -0.277. The Bertz CT molecular complexity index is 1520. The summed E-state index contributed by atoms with van der Waals surface area (Å²) in [6, 6.07) is 11.2. The highest BCUT2D eigenvalue weighted by molar-refractivity contribution is 6.05. The Morgan fingerprint density at radius 3 is 1.94 bits per heavy atom. The van der Waals surface area contributed by atoms with Crippen molar-refractivity contribution in [1.29, 1.82) is 0 Å². The molecule has 1 aliphatic heterocycles. The van der Waals surface area contributed by atoms with E-state index in [-0.39, 0.29) is 33.8 Å². The number of aliphatic hydroxyl groups is 4. The van der Waals surface area contributed by atoms with Crippen LogP contribution in [0.15, 0.2) is 67.0 Å². The van der Waals surface area contributed by atoms with Crippen molar-refractivity contribution in [2.24, 2.45) is 0 Å².